The van der Waals surface area contributed by atoms with Gasteiger partial charge in [0, 0.05) is 48.5 Å². The van der Waals surface area contributed by atoms with E-state index in [9.17, 15) is 54.7 Å². The summed E-state index contributed by atoms with van der Waals surface area (Å²) >= 11 is 0. The van der Waals surface area contributed by atoms with E-state index in [1.54, 1.807) is 0 Å². The van der Waals surface area contributed by atoms with E-state index >= 15 is 0 Å². The zero-order valence-corrected chi connectivity index (χ0v) is 19.6. The fourth-order valence-electron chi connectivity index (χ4n) is 3.36. The number of unbranched alkanes of at least 4 members (excludes halogenated alkanes) is 1. The maximum atomic E-state index is 12.9. The molecule has 0 spiro atoms. The summed E-state index contributed by atoms with van der Waals surface area (Å²) in [6.45, 7) is -0.894. The van der Waals surface area contributed by atoms with E-state index in [2.05, 4.69) is 5.32 Å². The van der Waals surface area contributed by atoms with Crippen LogP contribution in [0.2, 0.25) is 0 Å². The first-order valence-electron chi connectivity index (χ1n) is 10.9. The Morgan fingerprint density at radius 2 is 1.32 bits per heavy atom. The third-order valence-electron chi connectivity index (χ3n) is 5.16. The summed E-state index contributed by atoms with van der Waals surface area (Å²) in [4.78, 5) is 57.9. The van der Waals surface area contributed by atoms with Crippen molar-refractivity contribution < 1.29 is 49.4 Å². The highest BCUT2D eigenvalue weighted by Crippen LogP contribution is 2.15. The molecule has 0 radical (unpaired) electrons. The van der Waals surface area contributed by atoms with Gasteiger partial charge in [-0.3, -0.25) is 34.6 Å². The maximum absolute atomic E-state index is 12.9. The van der Waals surface area contributed by atoms with E-state index < -0.39 is 59.8 Å². The first kappa shape index (κ1) is 29.8. The molecule has 18 heteroatoms. The molecule has 6 N–H and O–H groups in total. The summed E-state index contributed by atoms with van der Waals surface area (Å²) in [5.41, 5.74) is -2.25. The molecule has 38 heavy (non-hydrogen) atoms. The van der Waals surface area contributed by atoms with Gasteiger partial charge in [0.15, 0.2) is 0 Å². The first-order valence-corrected chi connectivity index (χ1v) is 10.9. The number of hydrogen-bond donors (Lipinski definition) is 6. The van der Waals surface area contributed by atoms with Crippen LogP contribution in [0.25, 0.3) is 0 Å². The summed E-state index contributed by atoms with van der Waals surface area (Å²) in [5, 5.41) is 71.1. The Kier molecular flexibility index (Phi) is 10.4. The van der Waals surface area contributed by atoms with Gasteiger partial charge < -0.3 is 35.4 Å². The van der Waals surface area contributed by atoms with Crippen molar-refractivity contribution in [3.05, 3.63) is 67.8 Å². The maximum Gasteiger partial charge on any atom is 0.488 e. The van der Waals surface area contributed by atoms with Crippen molar-refractivity contribution in [2.45, 2.75) is 12.8 Å². The van der Waals surface area contributed by atoms with Crippen LogP contribution in [0, 0.1) is 20.2 Å². The Hall–Kier alpha value is -4.38. The van der Waals surface area contributed by atoms with Crippen LogP contribution in [0.3, 0.4) is 0 Å². The van der Waals surface area contributed by atoms with E-state index in [1.807, 2.05) is 0 Å². The molecule has 2 aromatic rings. The van der Waals surface area contributed by atoms with Crippen molar-refractivity contribution in [1.29, 1.82) is 0 Å². The van der Waals surface area contributed by atoms with Crippen LogP contribution >= 0.6 is 0 Å². The van der Waals surface area contributed by atoms with Crippen molar-refractivity contribution in [3.8, 4) is 0 Å². The standard InChI is InChI=1S/C20H22B2N4O12/c27-18(28)11-24(20(30)13-6-15(22(33)34)10-17(8-13)26(37)38)4-2-1-3-23-19(29)12-5-14(21(31)32)9-16(7-12)25(35)36/h5-10,31-34H,1-4,11H2,(H,23,29)(H,27,28). The molecular weight excluding hydrogens is 510 g/mol. The summed E-state index contributed by atoms with van der Waals surface area (Å²) in [6.07, 6.45) is 0.383. The molecule has 2 aromatic carbocycles. The average Bonchev–Trinajstić information content (AvgIpc) is 2.86. The lowest BCUT2D eigenvalue weighted by Crippen LogP contribution is -2.38. The van der Waals surface area contributed by atoms with Crippen LogP contribution in [0.15, 0.2) is 36.4 Å². The lowest BCUT2D eigenvalue weighted by atomic mass is 9.79. The van der Waals surface area contributed by atoms with Crippen molar-refractivity contribution in [2.75, 3.05) is 19.6 Å². The number of nitro groups is 2. The largest absolute Gasteiger partial charge is 0.488 e. The molecule has 0 aliphatic heterocycles. The molecule has 0 aliphatic rings. The van der Waals surface area contributed by atoms with Gasteiger partial charge >= 0.3 is 20.2 Å². The number of hydrogen-bond acceptors (Lipinski definition) is 11. The normalized spacial score (nSPS) is 10.4. The molecule has 0 heterocycles. The number of nitrogens with one attached hydrogen (secondary N) is 1. The lowest BCUT2D eigenvalue weighted by Gasteiger charge is -2.21. The number of rotatable bonds is 13. The Morgan fingerprint density at radius 3 is 1.79 bits per heavy atom. The van der Waals surface area contributed by atoms with Crippen LogP contribution < -0.4 is 16.2 Å². The Morgan fingerprint density at radius 1 is 0.816 bits per heavy atom. The molecule has 0 saturated carbocycles. The van der Waals surface area contributed by atoms with E-state index in [0.29, 0.717) is 0 Å². The second kappa shape index (κ2) is 13.2. The van der Waals surface area contributed by atoms with E-state index in [1.165, 1.54) is 0 Å². The van der Waals surface area contributed by atoms with Crippen molar-refractivity contribution in [3.63, 3.8) is 0 Å². The molecule has 0 saturated heterocycles. The van der Waals surface area contributed by atoms with Crippen molar-refractivity contribution >= 4 is 54.3 Å². The molecular formula is C20H22B2N4O12. The first-order chi connectivity index (χ1) is 17.8. The number of carboxylic acids is 1. The van der Waals surface area contributed by atoms with Crippen molar-refractivity contribution in [2.24, 2.45) is 0 Å². The van der Waals surface area contributed by atoms with Crippen LogP contribution in [-0.2, 0) is 4.79 Å². The van der Waals surface area contributed by atoms with Gasteiger partial charge in [-0.1, -0.05) is 0 Å². The van der Waals surface area contributed by atoms with Gasteiger partial charge in [-0.25, -0.2) is 0 Å². The van der Waals surface area contributed by atoms with Gasteiger partial charge in [0.1, 0.15) is 6.54 Å². The highest BCUT2D eigenvalue weighted by atomic mass is 16.6. The number of benzene rings is 2. The second-order valence-electron chi connectivity index (χ2n) is 7.97. The molecule has 16 nitrogen and oxygen atoms in total. The summed E-state index contributed by atoms with van der Waals surface area (Å²) in [5.74, 6) is -3.03. The van der Waals surface area contributed by atoms with Gasteiger partial charge in [0.25, 0.3) is 23.2 Å². The number of carbonyl (C=O) groups is 3. The molecule has 0 fully saturated rings. The third kappa shape index (κ3) is 8.34. The number of aliphatic carboxylic acids is 1. The van der Waals surface area contributed by atoms with Gasteiger partial charge in [0.2, 0.25) is 0 Å². The fourth-order valence-corrected chi connectivity index (χ4v) is 3.36. The number of amides is 2. The van der Waals surface area contributed by atoms with E-state index in [4.69, 9.17) is 5.11 Å². The minimum atomic E-state index is -2.11. The molecule has 0 aliphatic carbocycles. The predicted molar refractivity (Wildman–Crippen MR) is 131 cm³/mol. The third-order valence-corrected chi connectivity index (χ3v) is 5.16. The highest BCUT2D eigenvalue weighted by Gasteiger charge is 2.24. The number of nitrogens with zero attached hydrogens (tertiary/aromatic N) is 3. The number of carboxylic acid groups (broad SMARTS) is 1. The van der Waals surface area contributed by atoms with Crippen LogP contribution in [-0.4, -0.2) is 91.6 Å². The minimum absolute atomic E-state index is 0.00526. The molecule has 2 amide bonds. The van der Waals surface area contributed by atoms with Gasteiger partial charge in [0.05, 0.1) is 9.85 Å². The van der Waals surface area contributed by atoms with Crippen LogP contribution in [0.5, 0.6) is 0 Å². The molecule has 200 valence electrons. The van der Waals surface area contributed by atoms with Crippen LogP contribution in [0.1, 0.15) is 33.6 Å². The Balaban J connectivity index is 2.05. The van der Waals surface area contributed by atoms with Crippen LogP contribution in [0.4, 0.5) is 11.4 Å². The summed E-state index contributed by atoms with van der Waals surface area (Å²) < 4.78 is 0. The van der Waals surface area contributed by atoms with E-state index in [0.717, 1.165) is 41.3 Å². The number of carbonyl (C=O) groups excluding carboxylic acids is 2. The minimum Gasteiger partial charge on any atom is -0.480 e. The Labute approximate surface area is 214 Å². The Bertz CT molecular complexity index is 1240. The molecule has 0 atom stereocenters. The predicted octanol–water partition coefficient (Wildman–Crippen LogP) is -2.40. The van der Waals surface area contributed by atoms with Crippen molar-refractivity contribution in [1.82, 2.24) is 10.2 Å². The van der Waals surface area contributed by atoms with Gasteiger partial charge in [-0.15, -0.1) is 0 Å². The van der Waals surface area contributed by atoms with Gasteiger partial charge in [-0.2, -0.15) is 0 Å². The smallest absolute Gasteiger partial charge is 0.480 e. The molecule has 0 aromatic heterocycles. The average molecular weight is 532 g/mol. The number of nitro benzene ring substituents is 2. The number of non-ortho nitro benzene ring substituents is 2. The molecule has 0 unspecified atom stereocenters. The highest BCUT2D eigenvalue weighted by molar-refractivity contribution is 6.59. The van der Waals surface area contributed by atoms with E-state index in [-0.39, 0.29) is 48.0 Å². The molecule has 2 rings (SSSR count). The quantitative estimate of drug-likeness (QED) is 0.0684. The molecule has 0 bridgehead atoms. The zero-order chi connectivity index (χ0) is 28.6. The summed E-state index contributed by atoms with van der Waals surface area (Å²) in [7, 11) is -4.15. The lowest BCUT2D eigenvalue weighted by molar-refractivity contribution is -0.385. The SMILES string of the molecule is O=C(O)CN(CCCCNC(=O)c1cc(B(O)O)cc([N+](=O)[O-])c1)C(=O)c1cc(B(O)O)cc([N+](=O)[O-])c1. The fraction of sp³-hybridized carbons (Fsp3) is 0.250. The monoisotopic (exact) mass is 532 g/mol. The summed E-state index contributed by atoms with van der Waals surface area (Å²) in [6, 6.07) is 5.64. The second-order valence-corrected chi connectivity index (χ2v) is 7.97. The zero-order valence-electron chi connectivity index (χ0n) is 19.6. The topological polar surface area (TPSA) is 254 Å². The van der Waals surface area contributed by atoms with Gasteiger partial charge in [-0.05, 0) is 35.9 Å².